The Morgan fingerprint density at radius 2 is 2.14 bits per heavy atom. The number of nitrogens with one attached hydrogen (secondary N) is 1. The highest BCUT2D eigenvalue weighted by Crippen LogP contribution is 2.32. The molecule has 1 N–H and O–H groups in total. The first-order valence-electron chi connectivity index (χ1n) is 12.5. The number of ether oxygens (including phenoxy) is 1. The first kappa shape index (κ1) is 24.0. The fourth-order valence-electron chi connectivity index (χ4n) is 5.33. The molecule has 5 rings (SSSR count). The number of carbonyl (C=O) groups is 2. The van der Waals surface area contributed by atoms with Crippen LogP contribution in [0.3, 0.4) is 0 Å². The molecule has 4 heterocycles. The molecule has 36 heavy (non-hydrogen) atoms. The minimum atomic E-state index is -0.526. The van der Waals surface area contributed by atoms with Crippen LogP contribution in [0.15, 0.2) is 48.8 Å². The van der Waals surface area contributed by atoms with Crippen LogP contribution in [0.5, 0.6) is 5.75 Å². The van der Waals surface area contributed by atoms with Gasteiger partial charge in [0.25, 0.3) is 5.91 Å². The summed E-state index contributed by atoms with van der Waals surface area (Å²) in [7, 11) is 1.41. The standard InChI is InChI=1S/C28H31FN4O3/c1-18(34)14-24(21-7-10-26(36-2)23(29)16-21)33-13-12-32-17-19(15-25(32)28(33)35)5-8-22-9-6-20-4-3-11-30-27(20)31-22/h3-4,7,10-11,15-17,22,24H,5-6,8-9,12-14H2,1-2H3,(H,30,31)/t22?,24-/m0/s1. The third kappa shape index (κ3) is 4.85. The highest BCUT2D eigenvalue weighted by atomic mass is 19.1. The molecule has 188 valence electrons. The van der Waals surface area contributed by atoms with Crippen LogP contribution in [-0.2, 0) is 24.2 Å². The lowest BCUT2D eigenvalue weighted by molar-refractivity contribution is -0.118. The van der Waals surface area contributed by atoms with E-state index in [0.29, 0.717) is 30.4 Å². The van der Waals surface area contributed by atoms with Crippen LogP contribution in [-0.4, -0.2) is 45.8 Å². The van der Waals surface area contributed by atoms with Gasteiger partial charge in [-0.15, -0.1) is 0 Å². The molecule has 8 heteroatoms. The van der Waals surface area contributed by atoms with Gasteiger partial charge in [0.2, 0.25) is 0 Å². The van der Waals surface area contributed by atoms with Crippen molar-refractivity contribution in [3.05, 3.63) is 77.0 Å². The first-order chi connectivity index (χ1) is 17.4. The number of fused-ring (bicyclic) bond motifs is 2. The summed E-state index contributed by atoms with van der Waals surface area (Å²) in [6, 6.07) is 10.5. The molecule has 0 bridgehead atoms. The van der Waals surface area contributed by atoms with Gasteiger partial charge in [0, 0.05) is 37.9 Å². The second-order valence-corrected chi connectivity index (χ2v) is 9.67. The summed E-state index contributed by atoms with van der Waals surface area (Å²) >= 11 is 0. The van der Waals surface area contributed by atoms with Gasteiger partial charge in [-0.1, -0.05) is 12.1 Å². The molecule has 1 aromatic carbocycles. The molecular formula is C28H31FN4O3. The Kier molecular flexibility index (Phi) is 6.76. The van der Waals surface area contributed by atoms with Crippen molar-refractivity contribution in [2.75, 3.05) is 19.0 Å². The van der Waals surface area contributed by atoms with Gasteiger partial charge in [0.15, 0.2) is 11.6 Å². The second-order valence-electron chi connectivity index (χ2n) is 9.67. The SMILES string of the molecule is COc1ccc([C@H](CC(C)=O)N2CCn3cc(CCC4CCc5cccnc5N4)cc3C2=O)cc1F. The molecule has 2 aliphatic heterocycles. The van der Waals surface area contributed by atoms with Gasteiger partial charge in [0.05, 0.1) is 13.2 Å². The Labute approximate surface area is 210 Å². The van der Waals surface area contributed by atoms with Crippen LogP contribution in [0, 0.1) is 5.82 Å². The molecule has 0 radical (unpaired) electrons. The number of hydrogen-bond acceptors (Lipinski definition) is 5. The number of hydrogen-bond donors (Lipinski definition) is 1. The maximum absolute atomic E-state index is 14.4. The topological polar surface area (TPSA) is 76.5 Å². The minimum Gasteiger partial charge on any atom is -0.494 e. The minimum absolute atomic E-state index is 0.0540. The van der Waals surface area contributed by atoms with Gasteiger partial charge in [-0.2, -0.15) is 0 Å². The Morgan fingerprint density at radius 1 is 1.28 bits per heavy atom. The van der Waals surface area contributed by atoms with Crippen molar-refractivity contribution >= 4 is 17.5 Å². The molecule has 2 aliphatic rings. The fourth-order valence-corrected chi connectivity index (χ4v) is 5.33. The number of nitrogens with zero attached hydrogens (tertiary/aromatic N) is 3. The number of ketones is 1. The monoisotopic (exact) mass is 490 g/mol. The average molecular weight is 491 g/mol. The predicted molar refractivity (Wildman–Crippen MR) is 135 cm³/mol. The largest absolute Gasteiger partial charge is 0.494 e. The molecule has 0 aliphatic carbocycles. The summed E-state index contributed by atoms with van der Waals surface area (Å²) < 4.78 is 21.5. The van der Waals surface area contributed by atoms with Crippen LogP contribution < -0.4 is 10.1 Å². The molecule has 0 saturated carbocycles. The number of pyridine rings is 1. The second kappa shape index (κ2) is 10.1. The van der Waals surface area contributed by atoms with Gasteiger partial charge in [-0.05, 0) is 73.6 Å². The lowest BCUT2D eigenvalue weighted by Crippen LogP contribution is -2.42. The van der Waals surface area contributed by atoms with E-state index < -0.39 is 11.9 Å². The molecule has 1 amide bonds. The molecule has 3 aromatic rings. The molecule has 0 spiro atoms. The summed E-state index contributed by atoms with van der Waals surface area (Å²) in [6.45, 7) is 2.58. The Hall–Kier alpha value is -3.68. The summed E-state index contributed by atoms with van der Waals surface area (Å²) in [5.74, 6) is 0.413. The van der Waals surface area contributed by atoms with Crippen molar-refractivity contribution in [2.45, 2.75) is 57.7 Å². The zero-order chi connectivity index (χ0) is 25.2. The number of benzene rings is 1. The van der Waals surface area contributed by atoms with Crippen LogP contribution >= 0.6 is 0 Å². The van der Waals surface area contributed by atoms with Crippen molar-refractivity contribution in [3.63, 3.8) is 0 Å². The van der Waals surface area contributed by atoms with E-state index in [0.717, 1.165) is 37.1 Å². The number of halogens is 1. The quantitative estimate of drug-likeness (QED) is 0.501. The van der Waals surface area contributed by atoms with E-state index in [1.165, 1.54) is 25.7 Å². The molecular weight excluding hydrogens is 459 g/mol. The van der Waals surface area contributed by atoms with Crippen molar-refractivity contribution in [1.29, 1.82) is 0 Å². The smallest absolute Gasteiger partial charge is 0.271 e. The molecule has 2 atom stereocenters. The molecule has 1 unspecified atom stereocenters. The van der Waals surface area contributed by atoms with Crippen molar-refractivity contribution in [3.8, 4) is 5.75 Å². The zero-order valence-corrected chi connectivity index (χ0v) is 20.7. The van der Waals surface area contributed by atoms with Crippen molar-refractivity contribution < 1.29 is 18.7 Å². The van der Waals surface area contributed by atoms with Crippen molar-refractivity contribution in [1.82, 2.24) is 14.5 Å². The van der Waals surface area contributed by atoms with E-state index in [1.54, 1.807) is 17.0 Å². The number of carbonyl (C=O) groups excluding carboxylic acids is 2. The maximum Gasteiger partial charge on any atom is 0.271 e. The van der Waals surface area contributed by atoms with Gasteiger partial charge in [-0.3, -0.25) is 9.59 Å². The van der Waals surface area contributed by atoms with Crippen molar-refractivity contribution in [2.24, 2.45) is 0 Å². The van der Waals surface area contributed by atoms with E-state index >= 15 is 0 Å². The predicted octanol–water partition coefficient (Wildman–Crippen LogP) is 4.57. The Bertz CT molecular complexity index is 1290. The summed E-state index contributed by atoms with van der Waals surface area (Å²) in [5, 5.41) is 3.54. The van der Waals surface area contributed by atoms with Crippen LogP contribution in [0.25, 0.3) is 0 Å². The molecule has 7 nitrogen and oxygen atoms in total. The van der Waals surface area contributed by atoms with E-state index in [2.05, 4.69) is 22.6 Å². The van der Waals surface area contributed by atoms with Gasteiger partial charge < -0.3 is 19.5 Å². The third-order valence-electron chi connectivity index (χ3n) is 7.21. The lowest BCUT2D eigenvalue weighted by atomic mass is 9.96. The number of rotatable bonds is 8. The molecule has 0 fully saturated rings. The Morgan fingerprint density at radius 3 is 2.92 bits per heavy atom. The van der Waals surface area contributed by atoms with Crippen LogP contribution in [0.1, 0.15) is 59.4 Å². The number of anilines is 1. The number of amides is 1. The van der Waals surface area contributed by atoms with E-state index in [1.807, 2.05) is 22.9 Å². The summed E-state index contributed by atoms with van der Waals surface area (Å²) in [5.41, 5.74) is 3.58. The molecule has 2 aromatic heterocycles. The highest BCUT2D eigenvalue weighted by molar-refractivity contribution is 5.94. The van der Waals surface area contributed by atoms with Crippen LogP contribution in [0.4, 0.5) is 10.2 Å². The van der Waals surface area contributed by atoms with Crippen LogP contribution in [0.2, 0.25) is 0 Å². The average Bonchev–Trinajstić information content (AvgIpc) is 3.30. The Balaban J connectivity index is 1.30. The third-order valence-corrected chi connectivity index (χ3v) is 7.21. The van der Waals surface area contributed by atoms with Gasteiger partial charge in [-0.25, -0.2) is 9.37 Å². The number of aromatic nitrogens is 2. The summed E-state index contributed by atoms with van der Waals surface area (Å²) in [6.07, 6.45) is 7.89. The van der Waals surface area contributed by atoms with E-state index in [-0.39, 0.29) is 23.9 Å². The fraction of sp³-hybridized carbons (Fsp3) is 0.393. The lowest BCUT2D eigenvalue weighted by Gasteiger charge is -2.35. The van der Waals surface area contributed by atoms with Gasteiger partial charge >= 0.3 is 0 Å². The van der Waals surface area contributed by atoms with E-state index in [4.69, 9.17) is 4.74 Å². The summed E-state index contributed by atoms with van der Waals surface area (Å²) in [4.78, 5) is 31.8. The van der Waals surface area contributed by atoms with Gasteiger partial charge in [0.1, 0.15) is 17.3 Å². The number of methoxy groups -OCH3 is 1. The zero-order valence-electron chi connectivity index (χ0n) is 20.7. The number of aryl methyl sites for hydroxylation is 2. The normalized spacial score (nSPS) is 17.7. The van der Waals surface area contributed by atoms with E-state index in [9.17, 15) is 14.0 Å². The number of Topliss-reactive ketones (excluding diaryl/α,β-unsaturated/α-hetero) is 1. The highest BCUT2D eigenvalue weighted by Gasteiger charge is 2.33. The first-order valence-corrected chi connectivity index (χ1v) is 12.5. The maximum atomic E-state index is 14.4. The molecule has 0 saturated heterocycles.